The first-order valence-electron chi connectivity index (χ1n) is 6.50. The van der Waals surface area contributed by atoms with Crippen LogP contribution in [0.2, 0.25) is 0 Å². The van der Waals surface area contributed by atoms with Crippen LogP contribution in [-0.4, -0.2) is 5.97 Å². The molecule has 0 saturated heterocycles. The van der Waals surface area contributed by atoms with Crippen LogP contribution in [0.5, 0.6) is 5.75 Å². The van der Waals surface area contributed by atoms with Gasteiger partial charge < -0.3 is 4.74 Å². The molecule has 0 bridgehead atoms. The van der Waals surface area contributed by atoms with Gasteiger partial charge in [0.15, 0.2) is 0 Å². The highest BCUT2D eigenvalue weighted by molar-refractivity contribution is 5.93. The highest BCUT2D eigenvalue weighted by Gasteiger charge is 2.10. The lowest BCUT2D eigenvalue weighted by molar-refractivity contribution is -0.129. The maximum atomic E-state index is 11.6. The summed E-state index contributed by atoms with van der Waals surface area (Å²) in [6.07, 6.45) is 7.62. The Labute approximate surface area is 116 Å². The molecule has 0 atom stereocenters. The monoisotopic (exact) mass is 258 g/mol. The first kappa shape index (κ1) is 16.9. The molecule has 0 amide bonds. The molecular weight excluding hydrogens is 236 g/mol. The zero-order valence-corrected chi connectivity index (χ0v) is 11.8. The third-order valence-electron chi connectivity index (χ3n) is 2.18. The van der Waals surface area contributed by atoms with Gasteiger partial charge in [0.1, 0.15) is 5.75 Å². The molecule has 1 aliphatic rings. The summed E-state index contributed by atoms with van der Waals surface area (Å²) in [5.74, 6) is 0.305. The lowest BCUT2D eigenvalue weighted by Gasteiger charge is -2.06. The van der Waals surface area contributed by atoms with E-state index in [1.807, 2.05) is 50.3 Å². The van der Waals surface area contributed by atoms with Crippen molar-refractivity contribution in [3.8, 4) is 5.75 Å². The van der Waals surface area contributed by atoms with E-state index >= 15 is 0 Å². The number of carbonyl (C=O) groups excluding carboxylic acids is 1. The predicted octanol–water partition coefficient (Wildman–Crippen LogP) is 4.70. The largest absolute Gasteiger partial charge is 0.423 e. The molecule has 0 heterocycles. The molecule has 19 heavy (non-hydrogen) atoms. The van der Waals surface area contributed by atoms with Crippen molar-refractivity contribution >= 4 is 5.97 Å². The van der Waals surface area contributed by atoms with Gasteiger partial charge in [0.05, 0.1) is 5.57 Å². The number of hydrogen-bond acceptors (Lipinski definition) is 2. The summed E-state index contributed by atoms with van der Waals surface area (Å²) in [5.41, 5.74) is 0.644. The molecule has 0 saturated carbocycles. The van der Waals surface area contributed by atoms with Crippen LogP contribution in [0.25, 0.3) is 0 Å². The molecule has 1 aromatic carbocycles. The number of allylic oxidation sites excluding steroid dienone is 2. The second-order valence-corrected chi connectivity index (χ2v) is 3.34. The van der Waals surface area contributed by atoms with Gasteiger partial charge in [-0.3, -0.25) is 0 Å². The number of benzene rings is 1. The lowest BCUT2D eigenvalue weighted by atomic mass is 10.1. The molecule has 2 heteroatoms. The Kier molecular flexibility index (Phi) is 9.81. The van der Waals surface area contributed by atoms with E-state index in [4.69, 9.17) is 4.74 Å². The van der Waals surface area contributed by atoms with E-state index in [2.05, 4.69) is 13.2 Å². The summed E-state index contributed by atoms with van der Waals surface area (Å²) in [4.78, 5) is 11.6. The molecular formula is C17H22O2. The quantitative estimate of drug-likeness (QED) is 0.437. The van der Waals surface area contributed by atoms with Crippen molar-refractivity contribution in [2.45, 2.75) is 26.7 Å². The maximum Gasteiger partial charge on any atom is 0.343 e. The molecule has 0 spiro atoms. The predicted molar refractivity (Wildman–Crippen MR) is 81.1 cm³/mol. The molecule has 102 valence electrons. The number of ether oxygens (including phenoxy) is 1. The summed E-state index contributed by atoms with van der Waals surface area (Å²) in [5, 5.41) is 0. The van der Waals surface area contributed by atoms with Crippen LogP contribution in [0.15, 0.2) is 67.3 Å². The van der Waals surface area contributed by atoms with Gasteiger partial charge in [-0.15, -0.1) is 13.2 Å². The van der Waals surface area contributed by atoms with E-state index in [-0.39, 0.29) is 5.97 Å². The summed E-state index contributed by atoms with van der Waals surface area (Å²) < 4.78 is 5.20. The minimum absolute atomic E-state index is 0.280. The van der Waals surface area contributed by atoms with Gasteiger partial charge in [0, 0.05) is 0 Å². The summed E-state index contributed by atoms with van der Waals surface area (Å²) >= 11 is 0. The van der Waals surface area contributed by atoms with E-state index in [9.17, 15) is 4.79 Å². The molecule has 2 rings (SSSR count). The minimum atomic E-state index is -0.280. The Morgan fingerprint density at radius 3 is 2.26 bits per heavy atom. The Morgan fingerprint density at radius 2 is 1.74 bits per heavy atom. The van der Waals surface area contributed by atoms with Crippen molar-refractivity contribution in [2.24, 2.45) is 0 Å². The van der Waals surface area contributed by atoms with Crippen LogP contribution in [0.3, 0.4) is 0 Å². The number of rotatable bonds is 2. The van der Waals surface area contributed by atoms with E-state index in [1.165, 1.54) is 0 Å². The van der Waals surface area contributed by atoms with E-state index in [0.717, 1.165) is 12.8 Å². The van der Waals surface area contributed by atoms with Gasteiger partial charge in [-0.25, -0.2) is 4.79 Å². The maximum absolute atomic E-state index is 11.6. The van der Waals surface area contributed by atoms with E-state index in [1.54, 1.807) is 12.1 Å². The summed E-state index contributed by atoms with van der Waals surface area (Å²) in [7, 11) is 0. The number of carbonyl (C=O) groups is 1. The molecule has 0 aliphatic heterocycles. The van der Waals surface area contributed by atoms with Crippen LogP contribution in [-0.2, 0) is 4.79 Å². The SMILES string of the molecule is C=C.CC.O=C(Oc1ccccc1)C1=CCCC=C1. The van der Waals surface area contributed by atoms with Crippen LogP contribution in [0.4, 0.5) is 0 Å². The number of esters is 1. The number of hydrogen-bond donors (Lipinski definition) is 0. The second kappa shape index (κ2) is 11.0. The zero-order valence-electron chi connectivity index (χ0n) is 11.8. The van der Waals surface area contributed by atoms with Gasteiger partial charge in [-0.2, -0.15) is 0 Å². The Balaban J connectivity index is 0.000000741. The van der Waals surface area contributed by atoms with Crippen LogP contribution in [0.1, 0.15) is 26.7 Å². The van der Waals surface area contributed by atoms with Gasteiger partial charge in [-0.05, 0) is 25.0 Å². The third kappa shape index (κ3) is 6.41. The van der Waals surface area contributed by atoms with Crippen molar-refractivity contribution in [3.05, 3.63) is 67.3 Å². The zero-order chi connectivity index (χ0) is 14.5. The van der Waals surface area contributed by atoms with Crippen molar-refractivity contribution in [1.82, 2.24) is 0 Å². The van der Waals surface area contributed by atoms with Crippen molar-refractivity contribution in [2.75, 3.05) is 0 Å². The average molecular weight is 258 g/mol. The fourth-order valence-electron chi connectivity index (χ4n) is 1.42. The third-order valence-corrected chi connectivity index (χ3v) is 2.18. The van der Waals surface area contributed by atoms with Crippen LogP contribution >= 0.6 is 0 Å². The Morgan fingerprint density at radius 1 is 1.11 bits per heavy atom. The highest BCUT2D eigenvalue weighted by atomic mass is 16.5. The fraction of sp³-hybridized carbons (Fsp3) is 0.235. The Hall–Kier alpha value is -2.09. The van der Waals surface area contributed by atoms with E-state index in [0.29, 0.717) is 11.3 Å². The van der Waals surface area contributed by atoms with Crippen molar-refractivity contribution in [3.63, 3.8) is 0 Å². The number of para-hydroxylation sites is 1. The molecule has 0 N–H and O–H groups in total. The van der Waals surface area contributed by atoms with E-state index < -0.39 is 0 Å². The first-order valence-corrected chi connectivity index (χ1v) is 6.50. The smallest absolute Gasteiger partial charge is 0.343 e. The molecule has 0 aromatic heterocycles. The van der Waals surface area contributed by atoms with Gasteiger partial charge in [-0.1, -0.05) is 50.3 Å². The molecule has 0 radical (unpaired) electrons. The normalized spacial score (nSPS) is 12.0. The summed E-state index contributed by atoms with van der Waals surface area (Å²) in [6.45, 7) is 10.0. The van der Waals surface area contributed by atoms with Crippen LogP contribution < -0.4 is 4.74 Å². The molecule has 1 aromatic rings. The van der Waals surface area contributed by atoms with Gasteiger partial charge in [0.25, 0.3) is 0 Å². The van der Waals surface area contributed by atoms with Gasteiger partial charge in [0.2, 0.25) is 0 Å². The fourth-order valence-corrected chi connectivity index (χ4v) is 1.42. The topological polar surface area (TPSA) is 26.3 Å². The van der Waals surface area contributed by atoms with Crippen molar-refractivity contribution in [1.29, 1.82) is 0 Å². The average Bonchev–Trinajstić information content (AvgIpc) is 2.53. The minimum Gasteiger partial charge on any atom is -0.423 e. The molecule has 0 fully saturated rings. The molecule has 0 unspecified atom stereocenters. The molecule has 1 aliphatic carbocycles. The Bertz CT molecular complexity index is 416. The standard InChI is InChI=1S/C13H12O2.C2H6.C2H4/c14-13(11-7-3-1-4-8-11)15-12-9-5-2-6-10-12;2*1-2/h2-3,5-10H,1,4H2;1-2H3;1-2H2. The van der Waals surface area contributed by atoms with Crippen LogP contribution in [0, 0.1) is 0 Å². The lowest BCUT2D eigenvalue weighted by Crippen LogP contribution is -2.10. The van der Waals surface area contributed by atoms with Crippen molar-refractivity contribution < 1.29 is 9.53 Å². The summed E-state index contributed by atoms with van der Waals surface area (Å²) in [6, 6.07) is 9.11. The van der Waals surface area contributed by atoms with Gasteiger partial charge >= 0.3 is 5.97 Å². The second-order valence-electron chi connectivity index (χ2n) is 3.34. The highest BCUT2D eigenvalue weighted by Crippen LogP contribution is 2.14. The molecule has 2 nitrogen and oxygen atoms in total. The first-order chi connectivity index (χ1) is 9.36.